The van der Waals surface area contributed by atoms with Gasteiger partial charge in [-0.15, -0.1) is 0 Å². The van der Waals surface area contributed by atoms with Crippen molar-refractivity contribution in [3.63, 3.8) is 0 Å². The summed E-state index contributed by atoms with van der Waals surface area (Å²) >= 11 is 0. The monoisotopic (exact) mass is 420 g/mol. The number of amides is 1. The lowest BCUT2D eigenvalue weighted by atomic mass is 9.97. The zero-order valence-electron chi connectivity index (χ0n) is 17.6. The van der Waals surface area contributed by atoms with Crippen LogP contribution in [0.2, 0.25) is 0 Å². The van der Waals surface area contributed by atoms with Crippen molar-refractivity contribution in [2.75, 3.05) is 31.5 Å². The molecule has 4 rings (SSSR count). The number of hydrogen-bond donors (Lipinski definition) is 2. The second kappa shape index (κ2) is 9.75. The van der Waals surface area contributed by atoms with E-state index in [-0.39, 0.29) is 12.5 Å². The molecule has 7 nitrogen and oxygen atoms in total. The van der Waals surface area contributed by atoms with Crippen molar-refractivity contribution in [2.24, 2.45) is 5.10 Å². The number of carboxylic acids is 1. The Kier molecular flexibility index (Phi) is 6.62. The third kappa shape index (κ3) is 5.70. The first-order valence-corrected chi connectivity index (χ1v) is 10.8. The molecule has 0 unspecified atom stereocenters. The predicted molar refractivity (Wildman–Crippen MR) is 120 cm³/mol. The van der Waals surface area contributed by atoms with E-state index in [0.717, 1.165) is 41.9 Å². The minimum atomic E-state index is -0.816. The summed E-state index contributed by atoms with van der Waals surface area (Å²) in [6, 6.07) is 13.3. The number of aliphatic carboxylic acids is 1. The second-order valence-corrected chi connectivity index (χ2v) is 8.17. The van der Waals surface area contributed by atoms with Gasteiger partial charge in [-0.3, -0.25) is 19.5 Å². The zero-order valence-corrected chi connectivity index (χ0v) is 17.6. The van der Waals surface area contributed by atoms with Gasteiger partial charge in [-0.2, -0.15) is 5.10 Å². The Balaban J connectivity index is 1.35. The van der Waals surface area contributed by atoms with Crippen molar-refractivity contribution in [1.82, 2.24) is 9.91 Å². The van der Waals surface area contributed by atoms with Gasteiger partial charge in [0.2, 0.25) is 0 Å². The van der Waals surface area contributed by atoms with Gasteiger partial charge in [-0.25, -0.2) is 0 Å². The molecule has 31 heavy (non-hydrogen) atoms. The van der Waals surface area contributed by atoms with E-state index in [4.69, 9.17) is 5.11 Å². The van der Waals surface area contributed by atoms with Crippen LogP contribution in [0.1, 0.15) is 46.3 Å². The molecule has 7 heteroatoms. The number of carbonyl (C=O) groups is 2. The average molecular weight is 421 g/mol. The fourth-order valence-electron chi connectivity index (χ4n) is 4.08. The van der Waals surface area contributed by atoms with E-state index in [9.17, 15) is 9.59 Å². The lowest BCUT2D eigenvalue weighted by molar-refractivity contribution is -0.138. The molecule has 1 saturated heterocycles. The minimum Gasteiger partial charge on any atom is -0.480 e. The van der Waals surface area contributed by atoms with Crippen LogP contribution in [0.5, 0.6) is 0 Å². The van der Waals surface area contributed by atoms with Crippen LogP contribution in [0.15, 0.2) is 47.6 Å². The van der Waals surface area contributed by atoms with Gasteiger partial charge in [0.25, 0.3) is 5.91 Å². The quantitative estimate of drug-likeness (QED) is 0.701. The maximum absolute atomic E-state index is 12.7. The molecule has 0 atom stereocenters. The van der Waals surface area contributed by atoms with Gasteiger partial charge in [-0.1, -0.05) is 18.2 Å². The largest absolute Gasteiger partial charge is 0.480 e. The molecule has 2 aliphatic heterocycles. The number of carbonyl (C=O) groups excluding carboxylic acids is 1. The minimum absolute atomic E-state index is 0.0421. The Hall–Kier alpha value is -3.19. The topological polar surface area (TPSA) is 85.2 Å². The van der Waals surface area contributed by atoms with Crippen molar-refractivity contribution in [3.8, 4) is 0 Å². The number of hydrogen-bond acceptors (Lipinski definition) is 5. The SMILES string of the molecule is O=C(O)CN1CCc2cc(C(=O)Nc3ccc(C=NN4CCCCC4)cc3)ccc2C1. The van der Waals surface area contributed by atoms with Crippen molar-refractivity contribution < 1.29 is 14.7 Å². The molecule has 2 aliphatic rings. The van der Waals surface area contributed by atoms with E-state index < -0.39 is 5.97 Å². The van der Waals surface area contributed by atoms with Gasteiger partial charge in [0, 0.05) is 37.4 Å². The van der Waals surface area contributed by atoms with Crippen LogP contribution in [0, 0.1) is 0 Å². The third-order valence-corrected chi connectivity index (χ3v) is 5.79. The van der Waals surface area contributed by atoms with Crippen LogP contribution in [-0.4, -0.2) is 59.3 Å². The van der Waals surface area contributed by atoms with Gasteiger partial charge in [-0.05, 0) is 66.6 Å². The van der Waals surface area contributed by atoms with Gasteiger partial charge in [0.1, 0.15) is 0 Å². The number of anilines is 1. The number of benzene rings is 2. The molecule has 0 aliphatic carbocycles. The lowest BCUT2D eigenvalue weighted by Gasteiger charge is -2.27. The van der Waals surface area contributed by atoms with Crippen molar-refractivity contribution in [2.45, 2.75) is 32.2 Å². The van der Waals surface area contributed by atoms with E-state index in [1.54, 1.807) is 6.07 Å². The molecule has 0 saturated carbocycles. The highest BCUT2D eigenvalue weighted by atomic mass is 16.4. The van der Waals surface area contributed by atoms with Gasteiger partial charge < -0.3 is 10.4 Å². The highest BCUT2D eigenvalue weighted by molar-refractivity contribution is 6.04. The van der Waals surface area contributed by atoms with Crippen molar-refractivity contribution in [3.05, 3.63) is 64.7 Å². The highest BCUT2D eigenvalue weighted by Crippen LogP contribution is 2.21. The molecule has 1 fully saturated rings. The first kappa shape index (κ1) is 21.1. The fourth-order valence-corrected chi connectivity index (χ4v) is 4.08. The number of carboxylic acid groups (broad SMARTS) is 1. The van der Waals surface area contributed by atoms with Gasteiger partial charge >= 0.3 is 5.97 Å². The van der Waals surface area contributed by atoms with Gasteiger partial charge in [0.05, 0.1) is 12.8 Å². The molecular formula is C24H28N4O3. The molecule has 2 aromatic rings. The Morgan fingerprint density at radius 2 is 1.77 bits per heavy atom. The smallest absolute Gasteiger partial charge is 0.317 e. The summed E-state index contributed by atoms with van der Waals surface area (Å²) < 4.78 is 0. The molecule has 0 bridgehead atoms. The van der Waals surface area contributed by atoms with Crippen LogP contribution < -0.4 is 5.32 Å². The average Bonchev–Trinajstić information content (AvgIpc) is 2.78. The van der Waals surface area contributed by atoms with Crippen molar-refractivity contribution >= 4 is 23.8 Å². The second-order valence-electron chi connectivity index (χ2n) is 8.17. The maximum Gasteiger partial charge on any atom is 0.317 e. The van der Waals surface area contributed by atoms with Crippen LogP contribution in [0.3, 0.4) is 0 Å². The summed E-state index contributed by atoms with van der Waals surface area (Å²) in [4.78, 5) is 25.5. The highest BCUT2D eigenvalue weighted by Gasteiger charge is 2.19. The molecule has 2 aromatic carbocycles. The Morgan fingerprint density at radius 1 is 1.00 bits per heavy atom. The van der Waals surface area contributed by atoms with E-state index in [0.29, 0.717) is 18.7 Å². The van der Waals surface area contributed by atoms with Gasteiger partial charge in [0.15, 0.2) is 0 Å². The number of rotatable bonds is 6. The number of fused-ring (bicyclic) bond motifs is 1. The normalized spacial score (nSPS) is 16.8. The summed E-state index contributed by atoms with van der Waals surface area (Å²) in [6.07, 6.45) is 6.30. The number of nitrogens with one attached hydrogen (secondary N) is 1. The molecule has 1 amide bonds. The van der Waals surface area contributed by atoms with E-state index in [1.165, 1.54) is 19.3 Å². The van der Waals surface area contributed by atoms with Crippen LogP contribution in [0.4, 0.5) is 5.69 Å². The Labute approximate surface area is 182 Å². The van der Waals surface area contributed by atoms with E-state index in [1.807, 2.05) is 47.5 Å². The standard InChI is InChI=1S/C24H28N4O3/c29-23(30)17-27-13-10-19-14-20(6-7-21(19)16-27)24(31)26-22-8-4-18(5-9-22)15-25-28-11-2-1-3-12-28/h4-9,14-15H,1-3,10-13,16-17H2,(H,26,31)(H,29,30). The summed E-state index contributed by atoms with van der Waals surface area (Å²) in [7, 11) is 0. The van der Waals surface area contributed by atoms with Crippen molar-refractivity contribution in [1.29, 1.82) is 0 Å². The molecular weight excluding hydrogens is 392 g/mol. The Bertz CT molecular complexity index is 965. The molecule has 0 aromatic heterocycles. The molecule has 162 valence electrons. The summed E-state index contributed by atoms with van der Waals surface area (Å²) in [5, 5.41) is 18.6. The maximum atomic E-state index is 12.7. The van der Waals surface area contributed by atoms with E-state index in [2.05, 4.69) is 15.4 Å². The zero-order chi connectivity index (χ0) is 21.6. The summed E-state index contributed by atoms with van der Waals surface area (Å²) in [5.41, 5.74) is 4.55. The van der Waals surface area contributed by atoms with Crippen LogP contribution in [0.25, 0.3) is 0 Å². The molecule has 2 N–H and O–H groups in total. The summed E-state index contributed by atoms with van der Waals surface area (Å²) in [5.74, 6) is -0.964. The third-order valence-electron chi connectivity index (χ3n) is 5.79. The Morgan fingerprint density at radius 3 is 2.52 bits per heavy atom. The van der Waals surface area contributed by atoms with Crippen LogP contribution >= 0.6 is 0 Å². The summed E-state index contributed by atoms with van der Waals surface area (Å²) in [6.45, 7) is 3.36. The van der Waals surface area contributed by atoms with Crippen LogP contribution in [-0.2, 0) is 17.8 Å². The molecule has 2 heterocycles. The number of hydrazone groups is 1. The first-order valence-electron chi connectivity index (χ1n) is 10.8. The molecule has 0 radical (unpaired) electrons. The molecule has 0 spiro atoms. The lowest BCUT2D eigenvalue weighted by Crippen LogP contribution is -2.34. The number of piperidine rings is 1. The fraction of sp³-hybridized carbons (Fsp3) is 0.375. The first-order chi connectivity index (χ1) is 15.1. The number of nitrogens with zero attached hydrogens (tertiary/aromatic N) is 3. The predicted octanol–water partition coefficient (Wildman–Crippen LogP) is 3.20. The van der Waals surface area contributed by atoms with E-state index >= 15 is 0 Å².